The van der Waals surface area contributed by atoms with Crippen LogP contribution in [0, 0.1) is 11.3 Å². The second kappa shape index (κ2) is 7.38. The minimum absolute atomic E-state index is 0.0513. The van der Waals surface area contributed by atoms with E-state index in [1.54, 1.807) is 29.2 Å². The van der Waals surface area contributed by atoms with E-state index in [2.05, 4.69) is 0 Å². The van der Waals surface area contributed by atoms with Gasteiger partial charge in [-0.05, 0) is 36.6 Å². The fraction of sp³-hybridized carbons (Fsp3) is 0.217. The second-order valence-electron chi connectivity index (χ2n) is 7.24. The lowest BCUT2D eigenvalue weighted by Gasteiger charge is -2.40. The first-order chi connectivity index (χ1) is 14.3. The van der Waals surface area contributed by atoms with Crippen LogP contribution in [0.25, 0.3) is 0 Å². The average Bonchev–Trinajstić information content (AvgIpc) is 2.73. The van der Waals surface area contributed by atoms with Gasteiger partial charge >= 0.3 is 6.18 Å². The SMILES string of the molecule is N#CC1=C(N)N(c2ccccc2)C2=C(C(=O)CCC2)[C@@H]1c1ccccc1C(F)(F)F. The van der Waals surface area contributed by atoms with Crippen LogP contribution >= 0.6 is 0 Å². The molecule has 2 aromatic rings. The predicted octanol–water partition coefficient (Wildman–Crippen LogP) is 5.01. The molecule has 0 spiro atoms. The molecular weight excluding hydrogens is 391 g/mol. The summed E-state index contributed by atoms with van der Waals surface area (Å²) in [4.78, 5) is 14.6. The first-order valence-corrected chi connectivity index (χ1v) is 9.52. The van der Waals surface area contributed by atoms with E-state index in [4.69, 9.17) is 5.73 Å². The van der Waals surface area contributed by atoms with Gasteiger partial charge < -0.3 is 5.73 Å². The molecule has 0 fully saturated rings. The zero-order chi connectivity index (χ0) is 21.5. The molecule has 0 saturated carbocycles. The Balaban J connectivity index is 2.02. The van der Waals surface area contributed by atoms with Crippen LogP contribution in [0.5, 0.6) is 0 Å². The van der Waals surface area contributed by atoms with Crippen molar-refractivity contribution in [3.8, 4) is 6.07 Å². The Morgan fingerprint density at radius 2 is 1.70 bits per heavy atom. The Morgan fingerprint density at radius 1 is 1.03 bits per heavy atom. The van der Waals surface area contributed by atoms with Crippen molar-refractivity contribution < 1.29 is 18.0 Å². The van der Waals surface area contributed by atoms with Gasteiger partial charge in [0, 0.05) is 23.4 Å². The van der Waals surface area contributed by atoms with E-state index >= 15 is 0 Å². The minimum Gasteiger partial charge on any atom is -0.384 e. The first kappa shape index (κ1) is 19.8. The summed E-state index contributed by atoms with van der Waals surface area (Å²) >= 11 is 0. The molecule has 0 amide bonds. The fourth-order valence-corrected chi connectivity index (χ4v) is 4.28. The summed E-state index contributed by atoms with van der Waals surface area (Å²) in [5, 5.41) is 9.90. The zero-order valence-corrected chi connectivity index (χ0v) is 15.9. The molecule has 30 heavy (non-hydrogen) atoms. The number of Topliss-reactive ketones (excluding diaryl/α,β-unsaturated/α-hetero) is 1. The molecule has 2 aromatic carbocycles. The van der Waals surface area contributed by atoms with Crippen molar-refractivity contribution >= 4 is 11.5 Å². The first-order valence-electron chi connectivity index (χ1n) is 9.52. The third-order valence-electron chi connectivity index (χ3n) is 5.50. The Bertz CT molecular complexity index is 1110. The van der Waals surface area contributed by atoms with E-state index in [1.165, 1.54) is 18.2 Å². The number of benzene rings is 2. The van der Waals surface area contributed by atoms with Crippen molar-refractivity contribution in [2.45, 2.75) is 31.4 Å². The van der Waals surface area contributed by atoms with Crippen molar-refractivity contribution in [3.63, 3.8) is 0 Å². The summed E-state index contributed by atoms with van der Waals surface area (Å²) in [6.45, 7) is 0. The number of allylic oxidation sites excluding steroid dienone is 3. The molecule has 0 bridgehead atoms. The molecule has 0 saturated heterocycles. The van der Waals surface area contributed by atoms with Crippen LogP contribution < -0.4 is 10.6 Å². The molecule has 1 heterocycles. The molecule has 152 valence electrons. The molecule has 1 aliphatic heterocycles. The van der Waals surface area contributed by atoms with Gasteiger partial charge in [0.15, 0.2) is 5.78 Å². The highest BCUT2D eigenvalue weighted by atomic mass is 19.4. The third-order valence-corrected chi connectivity index (χ3v) is 5.50. The van der Waals surface area contributed by atoms with Gasteiger partial charge in [0.1, 0.15) is 5.82 Å². The number of hydrogen-bond donors (Lipinski definition) is 1. The smallest absolute Gasteiger partial charge is 0.384 e. The Morgan fingerprint density at radius 3 is 2.37 bits per heavy atom. The number of anilines is 1. The molecular formula is C23H18F3N3O. The molecule has 1 aliphatic carbocycles. The van der Waals surface area contributed by atoms with Crippen LogP contribution in [-0.2, 0) is 11.0 Å². The normalized spacial score (nSPS) is 19.6. The largest absolute Gasteiger partial charge is 0.416 e. The number of carbonyl (C=O) groups is 1. The lowest BCUT2D eigenvalue weighted by atomic mass is 9.74. The second-order valence-corrected chi connectivity index (χ2v) is 7.24. The zero-order valence-electron chi connectivity index (χ0n) is 15.9. The summed E-state index contributed by atoms with van der Waals surface area (Å²) < 4.78 is 41.3. The van der Waals surface area contributed by atoms with E-state index in [0.29, 0.717) is 24.2 Å². The summed E-state index contributed by atoms with van der Waals surface area (Å²) in [6.07, 6.45) is -3.34. The van der Waals surface area contributed by atoms with Gasteiger partial charge in [-0.2, -0.15) is 18.4 Å². The van der Waals surface area contributed by atoms with Crippen molar-refractivity contribution in [2.75, 3.05) is 4.90 Å². The quantitative estimate of drug-likeness (QED) is 0.757. The van der Waals surface area contributed by atoms with Gasteiger partial charge in [0.05, 0.1) is 23.1 Å². The molecule has 4 rings (SSSR count). The average molecular weight is 409 g/mol. The van der Waals surface area contributed by atoms with Gasteiger partial charge in [-0.1, -0.05) is 36.4 Å². The monoisotopic (exact) mass is 409 g/mol. The molecule has 0 radical (unpaired) electrons. The highest BCUT2D eigenvalue weighted by Gasteiger charge is 2.44. The van der Waals surface area contributed by atoms with Crippen molar-refractivity contribution in [3.05, 3.63) is 88.4 Å². The fourth-order valence-electron chi connectivity index (χ4n) is 4.28. The number of para-hydroxylation sites is 1. The molecule has 1 atom stereocenters. The Labute approximate surface area is 171 Å². The topological polar surface area (TPSA) is 70.1 Å². The minimum atomic E-state index is -4.62. The van der Waals surface area contributed by atoms with E-state index in [9.17, 15) is 23.2 Å². The standard InChI is InChI=1S/C23H18F3N3O/c24-23(25,26)17-10-5-4-9-15(17)20-16(13-27)22(28)29(14-7-2-1-3-8-14)18-11-6-12-19(30)21(18)20/h1-5,7-10,20H,6,11-12,28H2/t20-/m1/s1. The number of nitrogens with two attached hydrogens (primary N) is 1. The lowest BCUT2D eigenvalue weighted by Crippen LogP contribution is -2.39. The van der Waals surface area contributed by atoms with Gasteiger partial charge in [-0.3, -0.25) is 9.69 Å². The Kier molecular flexibility index (Phi) is 4.86. The van der Waals surface area contributed by atoms with Gasteiger partial charge in [0.25, 0.3) is 0 Å². The molecule has 2 N–H and O–H groups in total. The number of nitrogens with zero attached hydrogens (tertiary/aromatic N) is 2. The van der Waals surface area contributed by atoms with E-state index in [0.717, 1.165) is 6.07 Å². The molecule has 0 unspecified atom stereocenters. The Hall–Kier alpha value is -3.53. The number of rotatable bonds is 2. The highest BCUT2D eigenvalue weighted by molar-refractivity contribution is 6.01. The number of carbonyl (C=O) groups excluding carboxylic acids is 1. The van der Waals surface area contributed by atoms with Crippen LogP contribution in [-0.4, -0.2) is 5.78 Å². The van der Waals surface area contributed by atoms with Crippen molar-refractivity contribution in [1.29, 1.82) is 5.26 Å². The third kappa shape index (κ3) is 3.14. The summed E-state index contributed by atoms with van der Waals surface area (Å²) in [7, 11) is 0. The number of nitriles is 1. The van der Waals surface area contributed by atoms with Crippen LogP contribution in [0.3, 0.4) is 0 Å². The maximum Gasteiger partial charge on any atom is 0.416 e. The van der Waals surface area contributed by atoms with Crippen LogP contribution in [0.1, 0.15) is 36.3 Å². The van der Waals surface area contributed by atoms with Crippen LogP contribution in [0.15, 0.2) is 77.3 Å². The number of halogens is 3. The summed E-state index contributed by atoms with van der Waals surface area (Å²) in [5.74, 6) is -1.34. The maximum absolute atomic E-state index is 13.8. The van der Waals surface area contributed by atoms with Crippen molar-refractivity contribution in [1.82, 2.24) is 0 Å². The van der Waals surface area contributed by atoms with Gasteiger partial charge in [-0.25, -0.2) is 0 Å². The number of alkyl halides is 3. The van der Waals surface area contributed by atoms with E-state index < -0.39 is 17.7 Å². The molecule has 4 nitrogen and oxygen atoms in total. The molecule has 7 heteroatoms. The maximum atomic E-state index is 13.8. The van der Waals surface area contributed by atoms with Gasteiger partial charge in [-0.15, -0.1) is 0 Å². The van der Waals surface area contributed by atoms with Crippen LogP contribution in [0.2, 0.25) is 0 Å². The van der Waals surface area contributed by atoms with E-state index in [-0.39, 0.29) is 34.7 Å². The number of ketones is 1. The molecule has 2 aliphatic rings. The van der Waals surface area contributed by atoms with Crippen molar-refractivity contribution in [2.24, 2.45) is 5.73 Å². The highest BCUT2D eigenvalue weighted by Crippen LogP contribution is 2.48. The van der Waals surface area contributed by atoms with Crippen LogP contribution in [0.4, 0.5) is 18.9 Å². The number of hydrogen-bond acceptors (Lipinski definition) is 4. The predicted molar refractivity (Wildman–Crippen MR) is 106 cm³/mol. The van der Waals surface area contributed by atoms with Gasteiger partial charge in [0.2, 0.25) is 0 Å². The summed E-state index contributed by atoms with van der Waals surface area (Å²) in [6, 6.07) is 16.0. The summed E-state index contributed by atoms with van der Waals surface area (Å²) in [5.41, 5.74) is 6.77. The lowest BCUT2D eigenvalue weighted by molar-refractivity contribution is -0.138. The molecule has 0 aromatic heterocycles. The van der Waals surface area contributed by atoms with E-state index in [1.807, 2.05) is 12.1 Å².